The third-order valence-electron chi connectivity index (χ3n) is 2.62. The Balaban J connectivity index is 2.94. The van der Waals surface area contributed by atoms with Gasteiger partial charge in [0.25, 0.3) is 0 Å². The zero-order valence-corrected chi connectivity index (χ0v) is 11.9. The number of methoxy groups -OCH3 is 3. The number of carbonyl (C=O) groups excluding carboxylic acids is 1. The van der Waals surface area contributed by atoms with Crippen LogP contribution in [0.2, 0.25) is 0 Å². The molecule has 0 radical (unpaired) electrons. The van der Waals surface area contributed by atoms with E-state index in [0.29, 0.717) is 24.3 Å². The lowest BCUT2D eigenvalue weighted by Crippen LogP contribution is -2.09. The first-order valence-electron chi connectivity index (χ1n) is 6.09. The number of ether oxygens (including phenoxy) is 4. The smallest absolute Gasteiger partial charge is 0.342 e. The number of hydrogen-bond donors (Lipinski definition) is 0. The number of esters is 1. The van der Waals surface area contributed by atoms with E-state index >= 15 is 0 Å². The Morgan fingerprint density at radius 2 is 1.85 bits per heavy atom. The Labute approximate surface area is 118 Å². The van der Waals surface area contributed by atoms with Crippen LogP contribution in [0.4, 0.5) is 0 Å². The first-order valence-corrected chi connectivity index (χ1v) is 6.09. The van der Waals surface area contributed by atoms with Crippen LogP contribution >= 0.6 is 0 Å². The molecule has 0 aliphatic carbocycles. The highest BCUT2D eigenvalue weighted by molar-refractivity contribution is 5.94. The minimum atomic E-state index is -0.486. The molecule has 0 saturated heterocycles. The molecule has 0 bridgehead atoms. The molecule has 0 aromatic heterocycles. The maximum Gasteiger partial charge on any atom is 0.342 e. The summed E-state index contributed by atoms with van der Waals surface area (Å²) < 4.78 is 20.7. The first kappa shape index (κ1) is 15.7. The summed E-state index contributed by atoms with van der Waals surface area (Å²) in [5.74, 6) is 3.12. The van der Waals surface area contributed by atoms with Gasteiger partial charge in [0.2, 0.25) is 5.75 Å². The minimum absolute atomic E-state index is 0.264. The van der Waals surface area contributed by atoms with Crippen LogP contribution < -0.4 is 14.2 Å². The molecule has 0 atom stereocenters. The van der Waals surface area contributed by atoms with Gasteiger partial charge in [-0.3, -0.25) is 0 Å². The van der Waals surface area contributed by atoms with E-state index in [4.69, 9.17) is 25.4 Å². The molecule has 0 spiro atoms. The van der Waals surface area contributed by atoms with E-state index in [0.717, 1.165) is 0 Å². The zero-order valence-electron chi connectivity index (χ0n) is 11.9. The Morgan fingerprint density at radius 3 is 2.40 bits per heavy atom. The van der Waals surface area contributed by atoms with Crippen LogP contribution in [0, 0.1) is 12.3 Å². The highest BCUT2D eigenvalue weighted by Crippen LogP contribution is 2.39. The third-order valence-corrected chi connectivity index (χ3v) is 2.62. The van der Waals surface area contributed by atoms with Crippen molar-refractivity contribution in [1.82, 2.24) is 0 Å². The summed E-state index contributed by atoms with van der Waals surface area (Å²) >= 11 is 0. The first-order chi connectivity index (χ1) is 9.69. The molecule has 0 fully saturated rings. The number of hydrogen-bond acceptors (Lipinski definition) is 5. The molecule has 0 aliphatic rings. The van der Waals surface area contributed by atoms with E-state index in [-0.39, 0.29) is 17.9 Å². The predicted octanol–water partition coefficient (Wildman–Crippen LogP) is 2.28. The van der Waals surface area contributed by atoms with E-state index in [2.05, 4.69) is 5.92 Å². The molecule has 1 rings (SSSR count). The SMILES string of the molecule is C#CCCCOC(=O)c1ccc(OC)c(OC)c1OC. The largest absolute Gasteiger partial charge is 0.493 e. The molecule has 1 aromatic rings. The number of unbranched alkanes of at least 4 members (excludes halogenated alkanes) is 1. The van der Waals surface area contributed by atoms with Crippen LogP contribution in [-0.4, -0.2) is 33.9 Å². The molecule has 0 N–H and O–H groups in total. The molecule has 1 aromatic carbocycles. The van der Waals surface area contributed by atoms with Crippen molar-refractivity contribution < 1.29 is 23.7 Å². The fourth-order valence-electron chi connectivity index (χ4n) is 1.68. The second-order valence-electron chi connectivity index (χ2n) is 3.83. The number of rotatable bonds is 7. The Kier molecular flexibility index (Phi) is 6.24. The maximum absolute atomic E-state index is 12.0. The standard InChI is InChI=1S/C15H18O5/c1-5-6-7-10-20-15(16)11-8-9-12(17-2)14(19-4)13(11)18-3/h1,8-9H,6-7,10H2,2-4H3. The second kappa shape index (κ2) is 7.95. The Hall–Kier alpha value is -2.35. The van der Waals surface area contributed by atoms with Gasteiger partial charge >= 0.3 is 5.97 Å². The highest BCUT2D eigenvalue weighted by Gasteiger charge is 2.21. The van der Waals surface area contributed by atoms with Crippen molar-refractivity contribution in [2.75, 3.05) is 27.9 Å². The van der Waals surface area contributed by atoms with Gasteiger partial charge in [-0.25, -0.2) is 4.79 Å². The van der Waals surface area contributed by atoms with Gasteiger partial charge in [0.1, 0.15) is 5.56 Å². The number of carbonyl (C=O) groups is 1. The quantitative estimate of drug-likeness (QED) is 0.435. The van der Waals surface area contributed by atoms with E-state index in [9.17, 15) is 4.79 Å². The summed E-state index contributed by atoms with van der Waals surface area (Å²) in [6, 6.07) is 3.20. The summed E-state index contributed by atoms with van der Waals surface area (Å²) in [7, 11) is 4.43. The maximum atomic E-state index is 12.0. The van der Waals surface area contributed by atoms with Gasteiger partial charge in [0, 0.05) is 6.42 Å². The molecule has 0 amide bonds. The van der Waals surface area contributed by atoms with Crippen molar-refractivity contribution in [3.8, 4) is 29.6 Å². The van der Waals surface area contributed by atoms with Crippen LogP contribution in [0.15, 0.2) is 12.1 Å². The molecule has 0 saturated carbocycles. The Morgan fingerprint density at radius 1 is 1.15 bits per heavy atom. The third kappa shape index (κ3) is 3.58. The summed E-state index contributed by atoms with van der Waals surface area (Å²) in [6.45, 7) is 0.264. The van der Waals surface area contributed by atoms with Gasteiger partial charge in [0.15, 0.2) is 11.5 Å². The van der Waals surface area contributed by atoms with Gasteiger partial charge in [-0.15, -0.1) is 12.3 Å². The predicted molar refractivity (Wildman–Crippen MR) is 74.4 cm³/mol. The van der Waals surface area contributed by atoms with E-state index in [1.54, 1.807) is 12.1 Å². The lowest BCUT2D eigenvalue weighted by Gasteiger charge is -2.15. The minimum Gasteiger partial charge on any atom is -0.493 e. The lowest BCUT2D eigenvalue weighted by molar-refractivity contribution is 0.0497. The summed E-state index contributed by atoms with van der Waals surface area (Å²) in [4.78, 5) is 12.0. The summed E-state index contributed by atoms with van der Waals surface area (Å²) in [6.07, 6.45) is 6.32. The van der Waals surface area contributed by atoms with Crippen LogP contribution in [0.5, 0.6) is 17.2 Å². The number of terminal acetylenes is 1. The molecule has 0 aliphatic heterocycles. The van der Waals surface area contributed by atoms with Crippen LogP contribution in [0.1, 0.15) is 23.2 Å². The Bertz CT molecular complexity index is 502. The van der Waals surface area contributed by atoms with Crippen LogP contribution in [-0.2, 0) is 4.74 Å². The van der Waals surface area contributed by atoms with E-state index < -0.39 is 5.97 Å². The fourth-order valence-corrected chi connectivity index (χ4v) is 1.68. The monoisotopic (exact) mass is 278 g/mol. The van der Waals surface area contributed by atoms with Crippen molar-refractivity contribution in [3.05, 3.63) is 17.7 Å². The van der Waals surface area contributed by atoms with Gasteiger partial charge in [-0.2, -0.15) is 0 Å². The highest BCUT2D eigenvalue weighted by atomic mass is 16.5. The molecule has 5 heteroatoms. The normalized spacial score (nSPS) is 9.50. The molecule has 20 heavy (non-hydrogen) atoms. The average Bonchev–Trinajstić information content (AvgIpc) is 2.49. The summed E-state index contributed by atoms with van der Waals surface area (Å²) in [5.41, 5.74) is 0.283. The van der Waals surface area contributed by atoms with Gasteiger partial charge in [0.05, 0.1) is 27.9 Å². The van der Waals surface area contributed by atoms with Gasteiger partial charge < -0.3 is 18.9 Å². The van der Waals surface area contributed by atoms with Crippen LogP contribution in [0.3, 0.4) is 0 Å². The molecular formula is C15H18O5. The fraction of sp³-hybridized carbons (Fsp3) is 0.400. The van der Waals surface area contributed by atoms with Crippen LogP contribution in [0.25, 0.3) is 0 Å². The van der Waals surface area contributed by atoms with Crippen molar-refractivity contribution in [2.45, 2.75) is 12.8 Å². The van der Waals surface area contributed by atoms with E-state index in [1.807, 2.05) is 0 Å². The zero-order chi connectivity index (χ0) is 15.0. The van der Waals surface area contributed by atoms with Crippen molar-refractivity contribution >= 4 is 5.97 Å². The topological polar surface area (TPSA) is 54.0 Å². The second-order valence-corrected chi connectivity index (χ2v) is 3.83. The van der Waals surface area contributed by atoms with Crippen molar-refractivity contribution in [3.63, 3.8) is 0 Å². The molecule has 108 valence electrons. The molecule has 0 heterocycles. The number of benzene rings is 1. The van der Waals surface area contributed by atoms with E-state index in [1.165, 1.54) is 21.3 Å². The van der Waals surface area contributed by atoms with Gasteiger partial charge in [-0.1, -0.05) is 0 Å². The molecule has 5 nitrogen and oxygen atoms in total. The van der Waals surface area contributed by atoms with Crippen molar-refractivity contribution in [2.24, 2.45) is 0 Å². The summed E-state index contributed by atoms with van der Waals surface area (Å²) in [5, 5.41) is 0. The molecule has 0 unspecified atom stereocenters. The lowest BCUT2D eigenvalue weighted by atomic mass is 10.1. The molecular weight excluding hydrogens is 260 g/mol. The van der Waals surface area contributed by atoms with Crippen molar-refractivity contribution in [1.29, 1.82) is 0 Å². The van der Waals surface area contributed by atoms with Gasteiger partial charge in [-0.05, 0) is 18.6 Å². The average molecular weight is 278 g/mol.